The largest absolute Gasteiger partial charge is 0.337 e. The average Bonchev–Trinajstić information content (AvgIpc) is 2.89. The van der Waals surface area contributed by atoms with Crippen LogP contribution in [0, 0.1) is 12.8 Å². The predicted octanol–water partition coefficient (Wildman–Crippen LogP) is 3.18. The second-order valence-electron chi connectivity index (χ2n) is 7.74. The van der Waals surface area contributed by atoms with Crippen LogP contribution >= 0.6 is 0 Å². The molecule has 0 N–H and O–H groups in total. The number of aryl methyl sites for hydroxylation is 1. The Hall–Kier alpha value is -2.79. The van der Waals surface area contributed by atoms with Crippen molar-refractivity contribution in [3.63, 3.8) is 0 Å². The van der Waals surface area contributed by atoms with Crippen molar-refractivity contribution >= 4 is 16.7 Å². The van der Waals surface area contributed by atoms with Gasteiger partial charge in [-0.2, -0.15) is 0 Å². The Morgan fingerprint density at radius 3 is 2.82 bits per heavy atom. The van der Waals surface area contributed by atoms with Gasteiger partial charge in [0.15, 0.2) is 0 Å². The number of benzene rings is 1. The number of pyridine rings is 2. The van der Waals surface area contributed by atoms with Gasteiger partial charge in [-0.25, -0.2) is 0 Å². The first-order valence-corrected chi connectivity index (χ1v) is 9.83. The zero-order valence-electron chi connectivity index (χ0n) is 16.5. The van der Waals surface area contributed by atoms with Gasteiger partial charge in [0, 0.05) is 55.8 Å². The highest BCUT2D eigenvalue weighted by atomic mass is 16.2. The summed E-state index contributed by atoms with van der Waals surface area (Å²) in [5.74, 6) is 0.447. The van der Waals surface area contributed by atoms with Crippen molar-refractivity contribution < 1.29 is 4.79 Å². The van der Waals surface area contributed by atoms with E-state index < -0.39 is 0 Å². The average molecular weight is 374 g/mol. The molecule has 0 saturated carbocycles. The normalized spacial score (nSPS) is 18.2. The van der Waals surface area contributed by atoms with E-state index in [1.54, 1.807) is 6.20 Å². The van der Waals surface area contributed by atoms with Crippen LogP contribution in [0.1, 0.15) is 21.6 Å². The van der Waals surface area contributed by atoms with Crippen LogP contribution < -0.4 is 0 Å². The number of carbonyl (C=O) groups is 1. The minimum atomic E-state index is 0.0851. The molecule has 1 atom stereocenters. The molecule has 1 fully saturated rings. The number of hydrogen-bond donors (Lipinski definition) is 0. The molecule has 0 spiro atoms. The highest BCUT2D eigenvalue weighted by Crippen LogP contribution is 2.22. The summed E-state index contributed by atoms with van der Waals surface area (Å²) in [5.41, 5.74) is 2.75. The van der Waals surface area contributed by atoms with E-state index in [4.69, 9.17) is 0 Å². The molecule has 4 rings (SSSR count). The molecule has 28 heavy (non-hydrogen) atoms. The molecular formula is C23H26N4O. The zero-order chi connectivity index (χ0) is 19.5. The Kier molecular flexibility index (Phi) is 5.35. The molecule has 5 heteroatoms. The van der Waals surface area contributed by atoms with Gasteiger partial charge in [0.1, 0.15) is 0 Å². The van der Waals surface area contributed by atoms with Crippen LogP contribution in [-0.2, 0) is 6.42 Å². The van der Waals surface area contributed by atoms with Gasteiger partial charge in [0.25, 0.3) is 5.91 Å². The summed E-state index contributed by atoms with van der Waals surface area (Å²) >= 11 is 0. The maximum Gasteiger partial charge on any atom is 0.255 e. The van der Waals surface area contributed by atoms with Crippen LogP contribution in [0.15, 0.2) is 55.0 Å². The molecule has 1 amide bonds. The van der Waals surface area contributed by atoms with E-state index in [9.17, 15) is 4.79 Å². The fourth-order valence-electron chi connectivity index (χ4n) is 4.13. The number of likely N-dealkylation sites (N-methyl/N-ethyl adjacent to an activating group) is 1. The van der Waals surface area contributed by atoms with Gasteiger partial charge < -0.3 is 9.80 Å². The molecule has 0 bridgehead atoms. The maximum atomic E-state index is 13.1. The smallest absolute Gasteiger partial charge is 0.255 e. The minimum absolute atomic E-state index is 0.0851. The van der Waals surface area contributed by atoms with Crippen molar-refractivity contribution in [2.45, 2.75) is 13.3 Å². The van der Waals surface area contributed by atoms with E-state index in [2.05, 4.69) is 40.1 Å². The Morgan fingerprint density at radius 2 is 1.96 bits per heavy atom. The number of rotatable bonds is 3. The summed E-state index contributed by atoms with van der Waals surface area (Å²) in [5, 5.41) is 2.42. The van der Waals surface area contributed by atoms with Crippen molar-refractivity contribution in [2.75, 3.05) is 33.2 Å². The van der Waals surface area contributed by atoms with Crippen LogP contribution in [0.4, 0.5) is 0 Å². The van der Waals surface area contributed by atoms with Gasteiger partial charge in [-0.1, -0.05) is 24.3 Å². The first kappa shape index (κ1) is 18.6. The van der Waals surface area contributed by atoms with E-state index in [-0.39, 0.29) is 5.91 Å². The molecule has 0 aliphatic carbocycles. The molecule has 1 aromatic carbocycles. The monoisotopic (exact) mass is 374 g/mol. The molecule has 1 aliphatic heterocycles. The van der Waals surface area contributed by atoms with Crippen molar-refractivity contribution in [3.05, 3.63) is 71.8 Å². The Bertz CT molecular complexity index is 982. The molecule has 5 nitrogen and oxygen atoms in total. The summed E-state index contributed by atoms with van der Waals surface area (Å²) < 4.78 is 0. The molecule has 144 valence electrons. The number of amides is 1. The Labute approximate surface area is 166 Å². The first-order valence-electron chi connectivity index (χ1n) is 9.83. The lowest BCUT2D eigenvalue weighted by Gasteiger charge is -2.25. The van der Waals surface area contributed by atoms with Gasteiger partial charge in [-0.15, -0.1) is 0 Å². The van der Waals surface area contributed by atoms with Crippen LogP contribution in [0.2, 0.25) is 0 Å². The van der Waals surface area contributed by atoms with Crippen molar-refractivity contribution in [1.82, 2.24) is 19.8 Å². The summed E-state index contributed by atoms with van der Waals surface area (Å²) in [6.07, 6.45) is 6.54. The summed E-state index contributed by atoms with van der Waals surface area (Å²) in [4.78, 5) is 26.2. The molecular weight excluding hydrogens is 348 g/mol. The van der Waals surface area contributed by atoms with E-state index >= 15 is 0 Å². The molecule has 1 saturated heterocycles. The molecule has 2 aromatic heterocycles. The third kappa shape index (κ3) is 3.90. The summed E-state index contributed by atoms with van der Waals surface area (Å²) in [6, 6.07) is 12.1. The third-order valence-electron chi connectivity index (χ3n) is 5.58. The fourth-order valence-corrected chi connectivity index (χ4v) is 4.13. The molecule has 0 unspecified atom stereocenters. The number of nitrogens with zero attached hydrogens (tertiary/aromatic N) is 4. The van der Waals surface area contributed by atoms with Crippen LogP contribution in [-0.4, -0.2) is 58.9 Å². The SMILES string of the molecule is Cc1ncccc1C(=O)N1CCN(C)C[C@H](Cc2cncc3ccccc23)C1. The van der Waals surface area contributed by atoms with Crippen LogP contribution in [0.25, 0.3) is 10.8 Å². The third-order valence-corrected chi connectivity index (χ3v) is 5.58. The molecule has 3 heterocycles. The standard InChI is InChI=1S/C23H26N4O/c1-17-21(8-5-9-25-17)23(28)27-11-10-26(2)15-18(16-27)12-20-14-24-13-19-6-3-4-7-22(19)20/h3-9,13-14,18H,10-12,15-16H2,1-2H3/t18-/m0/s1. The van der Waals surface area contributed by atoms with Gasteiger partial charge >= 0.3 is 0 Å². The molecule has 3 aromatic rings. The zero-order valence-corrected chi connectivity index (χ0v) is 16.5. The van der Waals surface area contributed by atoms with Crippen molar-refractivity contribution in [3.8, 4) is 0 Å². The Morgan fingerprint density at radius 1 is 1.11 bits per heavy atom. The van der Waals surface area contributed by atoms with Gasteiger partial charge in [0.2, 0.25) is 0 Å². The van der Waals surface area contributed by atoms with E-state index in [1.807, 2.05) is 42.4 Å². The highest BCUT2D eigenvalue weighted by Gasteiger charge is 2.26. The second kappa shape index (κ2) is 8.07. The van der Waals surface area contributed by atoms with Gasteiger partial charge in [0.05, 0.1) is 5.56 Å². The molecule has 1 aliphatic rings. The lowest BCUT2D eigenvalue weighted by Crippen LogP contribution is -2.37. The topological polar surface area (TPSA) is 49.3 Å². The fraction of sp³-hybridized carbons (Fsp3) is 0.348. The Balaban J connectivity index is 1.58. The summed E-state index contributed by atoms with van der Waals surface area (Å²) in [6.45, 7) is 5.25. The minimum Gasteiger partial charge on any atom is -0.337 e. The maximum absolute atomic E-state index is 13.1. The lowest BCUT2D eigenvalue weighted by atomic mass is 9.96. The van der Waals surface area contributed by atoms with E-state index in [0.29, 0.717) is 11.5 Å². The first-order chi connectivity index (χ1) is 13.6. The number of aromatic nitrogens is 2. The second-order valence-corrected chi connectivity index (χ2v) is 7.74. The van der Waals surface area contributed by atoms with Gasteiger partial charge in [-0.3, -0.25) is 14.8 Å². The van der Waals surface area contributed by atoms with E-state index in [0.717, 1.165) is 38.3 Å². The predicted molar refractivity (Wildman–Crippen MR) is 111 cm³/mol. The summed E-state index contributed by atoms with van der Waals surface area (Å²) in [7, 11) is 2.14. The quantitative estimate of drug-likeness (QED) is 0.706. The van der Waals surface area contributed by atoms with Crippen molar-refractivity contribution in [1.29, 1.82) is 0 Å². The van der Waals surface area contributed by atoms with E-state index in [1.165, 1.54) is 16.3 Å². The van der Waals surface area contributed by atoms with Crippen LogP contribution in [0.3, 0.4) is 0 Å². The molecule has 0 radical (unpaired) electrons. The number of fused-ring (bicyclic) bond motifs is 1. The highest BCUT2D eigenvalue weighted by molar-refractivity contribution is 5.95. The number of hydrogen-bond acceptors (Lipinski definition) is 4. The van der Waals surface area contributed by atoms with Crippen LogP contribution in [0.5, 0.6) is 0 Å². The number of carbonyl (C=O) groups excluding carboxylic acids is 1. The van der Waals surface area contributed by atoms with Gasteiger partial charge in [-0.05, 0) is 49.4 Å². The van der Waals surface area contributed by atoms with Crippen molar-refractivity contribution in [2.24, 2.45) is 5.92 Å². The lowest BCUT2D eigenvalue weighted by molar-refractivity contribution is 0.0745.